The maximum atomic E-state index is 13.3. The summed E-state index contributed by atoms with van der Waals surface area (Å²) in [5, 5.41) is 3.95. The van der Waals surface area contributed by atoms with Crippen molar-refractivity contribution in [1.29, 1.82) is 0 Å². The van der Waals surface area contributed by atoms with Crippen LogP contribution in [-0.2, 0) is 22.7 Å². The van der Waals surface area contributed by atoms with Gasteiger partial charge in [-0.3, -0.25) is 29.0 Å². The first-order valence-corrected chi connectivity index (χ1v) is 14.2. The average molecular weight is 572 g/mol. The van der Waals surface area contributed by atoms with Crippen LogP contribution in [0.5, 0.6) is 0 Å². The molecular weight excluding hydrogens is 542 g/mol. The van der Waals surface area contributed by atoms with Gasteiger partial charge in [-0.15, -0.1) is 0 Å². The number of ketones is 2. The minimum atomic E-state index is -0.877. The monoisotopic (exact) mass is 571 g/mol. The van der Waals surface area contributed by atoms with E-state index in [0.717, 1.165) is 49.0 Å². The number of benzene rings is 2. The number of halogens is 1. The molecule has 10 heteroatoms. The molecule has 2 aromatic carbocycles. The number of aromatic nitrogens is 1. The van der Waals surface area contributed by atoms with Gasteiger partial charge in [-0.2, -0.15) is 0 Å². The number of Topliss-reactive ketones (excluding diaryl/α,β-unsaturated/α-hetero) is 2. The van der Waals surface area contributed by atoms with Crippen LogP contribution in [0.2, 0.25) is 5.02 Å². The fourth-order valence-electron chi connectivity index (χ4n) is 5.77. The van der Waals surface area contributed by atoms with E-state index in [1.54, 1.807) is 24.4 Å². The minimum Gasteiger partial charge on any atom is -0.380 e. The third-order valence-electron chi connectivity index (χ3n) is 8.02. The Balaban J connectivity index is 1.05. The van der Waals surface area contributed by atoms with E-state index in [4.69, 9.17) is 11.6 Å². The van der Waals surface area contributed by atoms with E-state index < -0.39 is 17.9 Å². The Morgan fingerprint density at radius 1 is 0.878 bits per heavy atom. The first-order valence-electron chi connectivity index (χ1n) is 13.8. The number of nitrogens with zero attached hydrogens (tertiary/aromatic N) is 4. The maximum absolute atomic E-state index is 13.3. The van der Waals surface area contributed by atoms with E-state index in [2.05, 4.69) is 44.4 Å². The van der Waals surface area contributed by atoms with Gasteiger partial charge >= 0.3 is 0 Å². The van der Waals surface area contributed by atoms with Crippen LogP contribution in [0.1, 0.15) is 51.1 Å². The Hall–Kier alpha value is -4.08. The third-order valence-corrected chi connectivity index (χ3v) is 8.24. The molecule has 1 atom stereocenters. The van der Waals surface area contributed by atoms with E-state index in [1.807, 2.05) is 12.1 Å². The predicted octanol–water partition coefficient (Wildman–Crippen LogP) is 3.96. The largest absolute Gasteiger partial charge is 0.380 e. The Labute approximate surface area is 243 Å². The van der Waals surface area contributed by atoms with Gasteiger partial charge in [0.15, 0.2) is 5.78 Å². The lowest BCUT2D eigenvalue weighted by Crippen LogP contribution is -2.47. The van der Waals surface area contributed by atoms with E-state index >= 15 is 0 Å². The second-order valence-corrected chi connectivity index (χ2v) is 11.1. The zero-order valence-corrected chi connectivity index (χ0v) is 23.3. The summed E-state index contributed by atoms with van der Waals surface area (Å²) < 4.78 is 0. The zero-order chi connectivity index (χ0) is 28.5. The average Bonchev–Trinajstić information content (AvgIpc) is 3.23. The number of carbonyl (C=O) groups is 4. The molecule has 1 aromatic heterocycles. The van der Waals surface area contributed by atoms with Gasteiger partial charge in [0.1, 0.15) is 11.6 Å². The molecule has 3 aliphatic rings. The number of pyridine rings is 1. The number of amides is 2. The fraction of sp³-hybridized carbons (Fsp3) is 0.323. The summed E-state index contributed by atoms with van der Waals surface area (Å²) in [5.74, 6) is -0.525. The van der Waals surface area contributed by atoms with Crippen molar-refractivity contribution >= 4 is 46.5 Å². The fourth-order valence-corrected chi connectivity index (χ4v) is 5.89. The summed E-state index contributed by atoms with van der Waals surface area (Å²) in [6.45, 7) is 5.04. The normalized spacial score (nSPS) is 19.6. The Bertz CT molecular complexity index is 1500. The third kappa shape index (κ3) is 5.60. The highest BCUT2D eigenvalue weighted by Gasteiger charge is 2.45. The van der Waals surface area contributed by atoms with Gasteiger partial charge in [-0.05, 0) is 41.8 Å². The Morgan fingerprint density at radius 3 is 2.34 bits per heavy atom. The standard InChI is InChI=1S/C31H30ClN5O4/c32-22-8-11-28(34-18-22)36-14-12-35(13-15-36)19-21-6-4-20(5-7-21)17-33-25-3-1-2-24-29(25)31(41)37(30(24)40)26-10-9-23(38)16-27(26)39/h1-8,11,18,26,33H,9-10,12-17,19H2. The number of anilines is 2. The van der Waals surface area contributed by atoms with Crippen LogP contribution in [0, 0.1) is 0 Å². The lowest BCUT2D eigenvalue weighted by atomic mass is 9.92. The highest BCUT2D eigenvalue weighted by molar-refractivity contribution is 6.30. The summed E-state index contributed by atoms with van der Waals surface area (Å²) in [6.07, 6.45) is 1.84. The smallest absolute Gasteiger partial charge is 0.264 e. The highest BCUT2D eigenvalue weighted by atomic mass is 35.5. The number of carbonyl (C=O) groups excluding carboxylic acids is 4. The lowest BCUT2D eigenvalue weighted by Gasteiger charge is -2.35. The molecule has 1 unspecified atom stereocenters. The first kappa shape index (κ1) is 27.1. The zero-order valence-electron chi connectivity index (χ0n) is 22.5. The minimum absolute atomic E-state index is 0.148. The quantitative estimate of drug-likeness (QED) is 0.336. The van der Waals surface area contributed by atoms with E-state index in [0.29, 0.717) is 17.3 Å². The maximum Gasteiger partial charge on any atom is 0.264 e. The summed E-state index contributed by atoms with van der Waals surface area (Å²) in [4.78, 5) is 60.7. The number of rotatable bonds is 7. The second-order valence-electron chi connectivity index (χ2n) is 10.7. The van der Waals surface area contributed by atoms with Crippen molar-refractivity contribution in [2.45, 2.75) is 38.4 Å². The van der Waals surface area contributed by atoms with Crippen LogP contribution in [0.4, 0.5) is 11.5 Å². The van der Waals surface area contributed by atoms with Gasteiger partial charge in [0.2, 0.25) is 0 Å². The van der Waals surface area contributed by atoms with Crippen LogP contribution in [0.25, 0.3) is 0 Å². The van der Waals surface area contributed by atoms with Crippen molar-refractivity contribution in [3.8, 4) is 0 Å². The van der Waals surface area contributed by atoms with Crippen LogP contribution >= 0.6 is 11.6 Å². The molecule has 1 N–H and O–H groups in total. The molecule has 3 heterocycles. The molecule has 210 valence electrons. The van der Waals surface area contributed by atoms with Crippen molar-refractivity contribution in [2.75, 3.05) is 36.4 Å². The molecule has 1 saturated heterocycles. The number of piperazine rings is 1. The lowest BCUT2D eigenvalue weighted by molar-refractivity contribution is -0.132. The molecule has 6 rings (SSSR count). The number of nitrogens with one attached hydrogen (secondary N) is 1. The molecule has 41 heavy (non-hydrogen) atoms. The van der Waals surface area contributed by atoms with Crippen molar-refractivity contribution in [2.24, 2.45) is 0 Å². The number of hydrogen-bond acceptors (Lipinski definition) is 8. The van der Waals surface area contributed by atoms with Gasteiger partial charge in [0, 0.05) is 57.6 Å². The molecule has 9 nitrogen and oxygen atoms in total. The van der Waals surface area contributed by atoms with Crippen molar-refractivity contribution in [3.05, 3.63) is 88.1 Å². The summed E-state index contributed by atoms with van der Waals surface area (Å²) >= 11 is 5.96. The number of imide groups is 1. The number of hydrogen-bond donors (Lipinski definition) is 1. The molecule has 3 aromatic rings. The van der Waals surface area contributed by atoms with Crippen molar-refractivity contribution < 1.29 is 19.2 Å². The van der Waals surface area contributed by atoms with Crippen LogP contribution < -0.4 is 10.2 Å². The molecule has 0 radical (unpaired) electrons. The molecule has 1 aliphatic carbocycles. The summed E-state index contributed by atoms with van der Waals surface area (Å²) in [7, 11) is 0. The SMILES string of the molecule is O=C1CCC(N2C(=O)c3cccc(NCc4ccc(CN5CCN(c6ccc(Cl)cn6)CC5)cc4)c3C2=O)C(=O)C1. The van der Waals surface area contributed by atoms with Crippen molar-refractivity contribution in [1.82, 2.24) is 14.8 Å². The molecule has 2 aliphatic heterocycles. The Kier molecular flexibility index (Phi) is 7.55. The van der Waals surface area contributed by atoms with Crippen LogP contribution in [-0.4, -0.2) is 70.4 Å². The summed E-state index contributed by atoms with van der Waals surface area (Å²) in [6, 6.07) is 16.4. The molecular formula is C31H30ClN5O4. The van der Waals surface area contributed by atoms with E-state index in [9.17, 15) is 19.2 Å². The van der Waals surface area contributed by atoms with E-state index in [-0.39, 0.29) is 42.0 Å². The molecule has 2 amide bonds. The van der Waals surface area contributed by atoms with Gasteiger partial charge < -0.3 is 10.2 Å². The van der Waals surface area contributed by atoms with Crippen LogP contribution in [0.3, 0.4) is 0 Å². The molecule has 0 bridgehead atoms. The van der Waals surface area contributed by atoms with E-state index in [1.165, 1.54) is 5.56 Å². The number of fused-ring (bicyclic) bond motifs is 1. The first-order chi connectivity index (χ1) is 19.9. The van der Waals surface area contributed by atoms with Gasteiger partial charge in [0.05, 0.1) is 28.6 Å². The summed E-state index contributed by atoms with van der Waals surface area (Å²) in [5.41, 5.74) is 3.39. The molecule has 2 fully saturated rings. The predicted molar refractivity (Wildman–Crippen MR) is 155 cm³/mol. The molecule has 1 saturated carbocycles. The molecule has 0 spiro atoms. The topological polar surface area (TPSA) is 103 Å². The van der Waals surface area contributed by atoms with Gasteiger partial charge in [-0.25, -0.2) is 4.98 Å². The van der Waals surface area contributed by atoms with Gasteiger partial charge in [0.25, 0.3) is 11.8 Å². The Morgan fingerprint density at radius 2 is 1.63 bits per heavy atom. The van der Waals surface area contributed by atoms with Crippen LogP contribution in [0.15, 0.2) is 60.8 Å². The second kappa shape index (κ2) is 11.4. The van der Waals surface area contributed by atoms with Crippen molar-refractivity contribution in [3.63, 3.8) is 0 Å². The highest BCUT2D eigenvalue weighted by Crippen LogP contribution is 2.33. The van der Waals surface area contributed by atoms with Gasteiger partial charge in [-0.1, -0.05) is 41.9 Å².